The number of thioether (sulfide) groups is 1. The third kappa shape index (κ3) is 6.36. The predicted molar refractivity (Wildman–Crippen MR) is 127 cm³/mol. The highest BCUT2D eigenvalue weighted by Gasteiger charge is 2.16. The summed E-state index contributed by atoms with van der Waals surface area (Å²) in [5.74, 6) is 1.28. The van der Waals surface area contributed by atoms with Gasteiger partial charge in [0.2, 0.25) is 5.91 Å². The lowest BCUT2D eigenvalue weighted by atomic mass is 10.2. The van der Waals surface area contributed by atoms with Gasteiger partial charge in [0.05, 0.1) is 26.5 Å². The van der Waals surface area contributed by atoms with E-state index in [0.29, 0.717) is 34.6 Å². The van der Waals surface area contributed by atoms with Gasteiger partial charge in [-0.05, 0) is 30.3 Å². The van der Waals surface area contributed by atoms with Gasteiger partial charge in [-0.3, -0.25) is 9.59 Å². The molecule has 0 atom stereocenters. The fourth-order valence-electron chi connectivity index (χ4n) is 2.96. The summed E-state index contributed by atoms with van der Waals surface area (Å²) in [7, 11) is 3.04. The monoisotopic (exact) mass is 467 g/mol. The second kappa shape index (κ2) is 11.7. The van der Waals surface area contributed by atoms with Gasteiger partial charge in [0.25, 0.3) is 5.91 Å². The number of para-hydroxylation sites is 1. The Morgan fingerprint density at radius 1 is 1.09 bits per heavy atom. The van der Waals surface area contributed by atoms with E-state index in [1.807, 2.05) is 34.9 Å². The second-order valence-electron chi connectivity index (χ2n) is 6.75. The Hall–Kier alpha value is -3.79. The maximum atomic E-state index is 12.6. The molecular formula is C23H25N5O4S. The third-order valence-electron chi connectivity index (χ3n) is 4.55. The highest BCUT2D eigenvalue weighted by molar-refractivity contribution is 7.99. The smallest absolute Gasteiger partial charge is 0.251 e. The van der Waals surface area contributed by atoms with E-state index in [2.05, 4.69) is 27.4 Å². The van der Waals surface area contributed by atoms with Crippen LogP contribution in [0, 0.1) is 0 Å². The SMILES string of the molecule is C=CCn1c(CNC(=O)c2ccc(OC)c(OC)c2)nnc1SCC(=O)Nc1ccccc1. The van der Waals surface area contributed by atoms with Crippen molar-refractivity contribution in [2.75, 3.05) is 25.3 Å². The summed E-state index contributed by atoms with van der Waals surface area (Å²) in [6.07, 6.45) is 1.71. The van der Waals surface area contributed by atoms with Crippen LogP contribution in [0.5, 0.6) is 11.5 Å². The maximum Gasteiger partial charge on any atom is 0.251 e. The molecule has 0 bridgehead atoms. The van der Waals surface area contributed by atoms with E-state index in [1.54, 1.807) is 24.3 Å². The van der Waals surface area contributed by atoms with Crippen LogP contribution in [0.25, 0.3) is 0 Å². The molecule has 33 heavy (non-hydrogen) atoms. The van der Waals surface area contributed by atoms with E-state index in [4.69, 9.17) is 9.47 Å². The molecule has 0 fully saturated rings. The molecule has 0 aliphatic heterocycles. The summed E-state index contributed by atoms with van der Waals surface area (Å²) in [5.41, 5.74) is 1.16. The first kappa shape index (κ1) is 23.9. The van der Waals surface area contributed by atoms with Crippen LogP contribution in [0.4, 0.5) is 5.69 Å². The van der Waals surface area contributed by atoms with E-state index in [0.717, 1.165) is 5.69 Å². The van der Waals surface area contributed by atoms with E-state index in [1.165, 1.54) is 26.0 Å². The van der Waals surface area contributed by atoms with Crippen molar-refractivity contribution < 1.29 is 19.1 Å². The number of rotatable bonds is 11. The first-order valence-corrected chi connectivity index (χ1v) is 11.0. The molecule has 2 aromatic carbocycles. The standard InChI is InChI=1S/C23H25N5O4S/c1-4-12-28-20(14-24-22(30)16-10-11-18(31-2)19(13-16)32-3)26-27-23(28)33-15-21(29)25-17-8-6-5-7-9-17/h4-11,13H,1,12,14-15H2,2-3H3,(H,24,30)(H,25,29). The Morgan fingerprint density at radius 3 is 2.55 bits per heavy atom. The van der Waals surface area contributed by atoms with Crippen LogP contribution in [0.3, 0.4) is 0 Å². The summed E-state index contributed by atoms with van der Waals surface area (Å²) >= 11 is 1.26. The number of hydrogen-bond donors (Lipinski definition) is 2. The number of carbonyl (C=O) groups is 2. The van der Waals surface area contributed by atoms with Crippen molar-refractivity contribution in [2.24, 2.45) is 0 Å². The number of aromatic nitrogens is 3. The van der Waals surface area contributed by atoms with Crippen molar-refractivity contribution in [3.05, 3.63) is 72.6 Å². The fraction of sp³-hybridized carbons (Fsp3) is 0.217. The summed E-state index contributed by atoms with van der Waals surface area (Å²) in [6, 6.07) is 14.2. The van der Waals surface area contributed by atoms with Crippen molar-refractivity contribution in [2.45, 2.75) is 18.2 Å². The highest BCUT2D eigenvalue weighted by atomic mass is 32.2. The number of benzene rings is 2. The molecular weight excluding hydrogens is 442 g/mol. The number of nitrogens with zero attached hydrogens (tertiary/aromatic N) is 3. The minimum atomic E-state index is -0.291. The Labute approximate surface area is 196 Å². The number of allylic oxidation sites excluding steroid dienone is 1. The summed E-state index contributed by atoms with van der Waals surface area (Å²) in [5, 5.41) is 14.6. The Morgan fingerprint density at radius 2 is 1.85 bits per heavy atom. The van der Waals surface area contributed by atoms with Crippen molar-refractivity contribution in [3.63, 3.8) is 0 Å². The number of nitrogens with one attached hydrogen (secondary N) is 2. The van der Waals surface area contributed by atoms with Gasteiger partial charge >= 0.3 is 0 Å². The number of hydrogen-bond acceptors (Lipinski definition) is 7. The molecule has 9 nitrogen and oxygen atoms in total. The number of anilines is 1. The number of carbonyl (C=O) groups excluding carboxylic acids is 2. The number of methoxy groups -OCH3 is 2. The van der Waals surface area contributed by atoms with Gasteiger partial charge in [-0.1, -0.05) is 36.0 Å². The van der Waals surface area contributed by atoms with Crippen LogP contribution < -0.4 is 20.1 Å². The lowest BCUT2D eigenvalue weighted by molar-refractivity contribution is -0.113. The predicted octanol–water partition coefficient (Wildman–Crippen LogP) is 3.14. The topological polar surface area (TPSA) is 107 Å². The fourth-order valence-corrected chi connectivity index (χ4v) is 3.72. The average Bonchev–Trinajstić information content (AvgIpc) is 3.23. The van der Waals surface area contributed by atoms with Crippen molar-refractivity contribution in [1.82, 2.24) is 20.1 Å². The molecule has 0 saturated carbocycles. The molecule has 3 aromatic rings. The molecule has 0 spiro atoms. The van der Waals surface area contributed by atoms with E-state index < -0.39 is 0 Å². The summed E-state index contributed by atoms with van der Waals surface area (Å²) in [4.78, 5) is 24.9. The van der Waals surface area contributed by atoms with Crippen LogP contribution in [-0.2, 0) is 17.9 Å². The van der Waals surface area contributed by atoms with E-state index in [9.17, 15) is 9.59 Å². The van der Waals surface area contributed by atoms with Crippen LogP contribution in [0.1, 0.15) is 16.2 Å². The first-order valence-electron chi connectivity index (χ1n) is 10.1. The van der Waals surface area contributed by atoms with Crippen LogP contribution in [0.15, 0.2) is 66.3 Å². The van der Waals surface area contributed by atoms with Crippen molar-refractivity contribution in [1.29, 1.82) is 0 Å². The highest BCUT2D eigenvalue weighted by Crippen LogP contribution is 2.27. The molecule has 1 heterocycles. The number of ether oxygens (including phenoxy) is 2. The Balaban J connectivity index is 1.62. The largest absolute Gasteiger partial charge is 0.493 e. The molecule has 0 aliphatic carbocycles. The molecule has 10 heteroatoms. The molecule has 0 unspecified atom stereocenters. The minimum Gasteiger partial charge on any atom is -0.493 e. The second-order valence-corrected chi connectivity index (χ2v) is 7.70. The van der Waals surface area contributed by atoms with Crippen LogP contribution in [-0.4, -0.2) is 46.6 Å². The molecule has 3 rings (SSSR count). The van der Waals surface area contributed by atoms with Crippen molar-refractivity contribution >= 4 is 29.3 Å². The summed E-state index contributed by atoms with van der Waals surface area (Å²) < 4.78 is 12.3. The zero-order chi connectivity index (χ0) is 23.6. The van der Waals surface area contributed by atoms with E-state index in [-0.39, 0.29) is 24.1 Å². The maximum absolute atomic E-state index is 12.6. The molecule has 0 saturated heterocycles. The molecule has 0 aliphatic rings. The normalized spacial score (nSPS) is 10.4. The van der Waals surface area contributed by atoms with Gasteiger partial charge in [-0.25, -0.2) is 0 Å². The van der Waals surface area contributed by atoms with Gasteiger partial charge in [-0.15, -0.1) is 16.8 Å². The molecule has 172 valence electrons. The third-order valence-corrected chi connectivity index (χ3v) is 5.51. The minimum absolute atomic E-state index is 0.150. The van der Waals surface area contributed by atoms with Crippen LogP contribution >= 0.6 is 11.8 Å². The molecule has 2 N–H and O–H groups in total. The van der Waals surface area contributed by atoms with Crippen LogP contribution in [0.2, 0.25) is 0 Å². The first-order chi connectivity index (χ1) is 16.0. The van der Waals surface area contributed by atoms with Gasteiger partial charge < -0.3 is 24.7 Å². The van der Waals surface area contributed by atoms with Gasteiger partial charge in [-0.2, -0.15) is 0 Å². The zero-order valence-corrected chi connectivity index (χ0v) is 19.2. The molecule has 2 amide bonds. The van der Waals surface area contributed by atoms with Crippen molar-refractivity contribution in [3.8, 4) is 11.5 Å². The van der Waals surface area contributed by atoms with Gasteiger partial charge in [0.1, 0.15) is 0 Å². The lowest BCUT2D eigenvalue weighted by Gasteiger charge is -2.11. The lowest BCUT2D eigenvalue weighted by Crippen LogP contribution is -2.25. The Bertz CT molecular complexity index is 1120. The molecule has 0 radical (unpaired) electrons. The quantitative estimate of drug-likeness (QED) is 0.329. The van der Waals surface area contributed by atoms with Gasteiger partial charge in [0.15, 0.2) is 22.5 Å². The Kier molecular flexibility index (Phi) is 8.48. The van der Waals surface area contributed by atoms with Gasteiger partial charge in [0, 0.05) is 17.8 Å². The zero-order valence-electron chi connectivity index (χ0n) is 18.4. The van der Waals surface area contributed by atoms with E-state index >= 15 is 0 Å². The average molecular weight is 468 g/mol. The summed E-state index contributed by atoms with van der Waals surface area (Å²) in [6.45, 7) is 4.37. The number of amides is 2. The molecule has 1 aromatic heterocycles.